The number of aromatic nitrogens is 2. The molecule has 0 fully saturated rings. The monoisotopic (exact) mass is 146 g/mol. The van der Waals surface area contributed by atoms with Gasteiger partial charge < -0.3 is 0 Å². The third kappa shape index (κ3) is 1.01. The molecule has 0 saturated heterocycles. The number of hydrogen-bond donors (Lipinski definition) is 1. The van der Waals surface area contributed by atoms with Crippen LogP contribution in [0.5, 0.6) is 0 Å². The van der Waals surface area contributed by atoms with Gasteiger partial charge in [0.1, 0.15) is 0 Å². The average molecular weight is 146 g/mol. The lowest BCUT2D eigenvalue weighted by Crippen LogP contribution is -1.87. The molecule has 0 aromatic carbocycles. The molecule has 0 amide bonds. The zero-order chi connectivity index (χ0) is 7.72. The minimum Gasteiger partial charge on any atom is -0.282 e. The van der Waals surface area contributed by atoms with Crippen LogP contribution in [0.4, 0.5) is 8.78 Å². The minimum atomic E-state index is -2.42. The maximum Gasteiger partial charge on any atom is 0.267 e. The van der Waals surface area contributed by atoms with E-state index < -0.39 is 6.43 Å². The van der Waals surface area contributed by atoms with E-state index >= 15 is 0 Å². The van der Waals surface area contributed by atoms with Gasteiger partial charge in [-0.1, -0.05) is 0 Å². The molecule has 1 N–H and O–H groups in total. The largest absolute Gasteiger partial charge is 0.282 e. The van der Waals surface area contributed by atoms with Crippen molar-refractivity contribution in [2.24, 2.45) is 0 Å². The predicted molar refractivity (Wildman–Crippen MR) is 33.0 cm³/mol. The summed E-state index contributed by atoms with van der Waals surface area (Å²) in [7, 11) is 0. The van der Waals surface area contributed by atoms with Crippen molar-refractivity contribution in [2.75, 3.05) is 0 Å². The van der Waals surface area contributed by atoms with E-state index in [1.807, 2.05) is 0 Å². The number of hydrogen-bond acceptors (Lipinski definition) is 1. The van der Waals surface area contributed by atoms with Gasteiger partial charge in [0.15, 0.2) is 0 Å². The topological polar surface area (TPSA) is 28.7 Å². The van der Waals surface area contributed by atoms with Crippen LogP contribution in [0.1, 0.15) is 23.4 Å². The summed E-state index contributed by atoms with van der Waals surface area (Å²) in [6.45, 7) is 3.15. The normalized spacial score (nSPS) is 10.9. The van der Waals surface area contributed by atoms with E-state index in [0.717, 1.165) is 0 Å². The Morgan fingerprint density at radius 2 is 2.00 bits per heavy atom. The fourth-order valence-corrected chi connectivity index (χ4v) is 0.881. The Hall–Kier alpha value is -0.930. The van der Waals surface area contributed by atoms with Gasteiger partial charge in [0, 0.05) is 5.69 Å². The van der Waals surface area contributed by atoms with Gasteiger partial charge in [0.25, 0.3) is 6.43 Å². The summed E-state index contributed by atoms with van der Waals surface area (Å²) in [4.78, 5) is 0. The number of aromatic amines is 1. The van der Waals surface area contributed by atoms with Crippen molar-refractivity contribution in [3.8, 4) is 0 Å². The molecule has 1 aromatic rings. The van der Waals surface area contributed by atoms with Crippen LogP contribution in [-0.2, 0) is 0 Å². The van der Waals surface area contributed by atoms with Gasteiger partial charge in [-0.15, -0.1) is 0 Å². The molecule has 2 nitrogen and oxygen atoms in total. The summed E-state index contributed by atoms with van der Waals surface area (Å²) in [5.74, 6) is 0. The quantitative estimate of drug-likeness (QED) is 0.644. The molecule has 0 aliphatic carbocycles. The van der Waals surface area contributed by atoms with Crippen LogP contribution >= 0.6 is 0 Å². The first-order valence-electron chi connectivity index (χ1n) is 2.92. The van der Waals surface area contributed by atoms with Crippen molar-refractivity contribution in [3.63, 3.8) is 0 Å². The Bertz CT molecular complexity index is 210. The van der Waals surface area contributed by atoms with E-state index in [0.29, 0.717) is 11.4 Å². The smallest absolute Gasteiger partial charge is 0.267 e. The van der Waals surface area contributed by atoms with E-state index in [-0.39, 0.29) is 5.56 Å². The number of H-pyrrole nitrogens is 1. The third-order valence-electron chi connectivity index (χ3n) is 1.40. The van der Waals surface area contributed by atoms with Crippen molar-refractivity contribution in [1.29, 1.82) is 0 Å². The highest BCUT2D eigenvalue weighted by Gasteiger charge is 2.15. The molecule has 0 saturated carbocycles. The molecule has 1 heterocycles. The highest BCUT2D eigenvalue weighted by Crippen LogP contribution is 2.23. The Balaban J connectivity index is 3.10. The van der Waals surface area contributed by atoms with Gasteiger partial charge in [-0.3, -0.25) is 5.10 Å². The second-order valence-corrected chi connectivity index (χ2v) is 2.15. The molecule has 0 radical (unpaired) electrons. The Morgan fingerprint density at radius 1 is 1.40 bits per heavy atom. The van der Waals surface area contributed by atoms with Gasteiger partial charge >= 0.3 is 0 Å². The fourth-order valence-electron chi connectivity index (χ4n) is 0.881. The first-order valence-corrected chi connectivity index (χ1v) is 2.92. The first-order chi connectivity index (χ1) is 4.63. The van der Waals surface area contributed by atoms with E-state index in [9.17, 15) is 8.78 Å². The number of nitrogens with zero attached hydrogens (tertiary/aromatic N) is 1. The van der Waals surface area contributed by atoms with Crippen LogP contribution in [-0.4, -0.2) is 10.2 Å². The zero-order valence-electron chi connectivity index (χ0n) is 5.78. The lowest BCUT2D eigenvalue weighted by molar-refractivity contribution is 0.150. The third-order valence-corrected chi connectivity index (χ3v) is 1.40. The van der Waals surface area contributed by atoms with Gasteiger partial charge in [-0.05, 0) is 13.8 Å². The molecule has 0 spiro atoms. The molecular weight excluding hydrogens is 138 g/mol. The summed E-state index contributed by atoms with van der Waals surface area (Å²) in [5, 5.41) is 6.12. The van der Waals surface area contributed by atoms with Crippen LogP contribution in [0.15, 0.2) is 0 Å². The van der Waals surface area contributed by atoms with Gasteiger partial charge in [-0.2, -0.15) is 5.10 Å². The molecular formula is C6H8F2N2. The van der Waals surface area contributed by atoms with Crippen LogP contribution in [0.25, 0.3) is 0 Å². The van der Waals surface area contributed by atoms with E-state index in [1.165, 1.54) is 0 Å². The summed E-state index contributed by atoms with van der Waals surface area (Å²) >= 11 is 0. The van der Waals surface area contributed by atoms with E-state index in [2.05, 4.69) is 10.2 Å². The molecule has 10 heavy (non-hydrogen) atoms. The standard InChI is InChI=1S/C6H8F2N2/c1-3-5(6(7)8)4(2)10-9-3/h6H,1-2H3,(H,9,10). The summed E-state index contributed by atoms with van der Waals surface area (Å²) in [5.41, 5.74) is 0.861. The molecule has 0 aliphatic heterocycles. The minimum absolute atomic E-state index is 0.0278. The molecule has 1 rings (SSSR count). The maximum absolute atomic E-state index is 12.1. The molecule has 0 bridgehead atoms. The average Bonchev–Trinajstić information content (AvgIpc) is 2.11. The van der Waals surface area contributed by atoms with Crippen molar-refractivity contribution < 1.29 is 8.78 Å². The molecule has 0 atom stereocenters. The van der Waals surface area contributed by atoms with E-state index in [1.54, 1.807) is 13.8 Å². The summed E-state index contributed by atoms with van der Waals surface area (Å²) in [6.07, 6.45) is -2.42. The molecule has 0 unspecified atom stereocenters. The number of aryl methyl sites for hydroxylation is 2. The number of nitrogens with one attached hydrogen (secondary N) is 1. The second-order valence-electron chi connectivity index (χ2n) is 2.15. The lowest BCUT2D eigenvalue weighted by Gasteiger charge is -1.95. The molecule has 56 valence electrons. The van der Waals surface area contributed by atoms with E-state index in [4.69, 9.17) is 0 Å². The highest BCUT2D eigenvalue weighted by molar-refractivity contribution is 5.23. The van der Waals surface area contributed by atoms with Crippen molar-refractivity contribution in [2.45, 2.75) is 20.3 Å². The van der Waals surface area contributed by atoms with Crippen LogP contribution in [0.2, 0.25) is 0 Å². The number of halogens is 2. The molecule has 4 heteroatoms. The van der Waals surface area contributed by atoms with Gasteiger partial charge in [0.05, 0.1) is 11.3 Å². The number of rotatable bonds is 1. The SMILES string of the molecule is Cc1n[nH]c(C)c1C(F)F. The molecule has 0 aliphatic rings. The Labute approximate surface area is 57.3 Å². The Kier molecular flexibility index (Phi) is 1.70. The summed E-state index contributed by atoms with van der Waals surface area (Å²) in [6, 6.07) is 0. The number of alkyl halides is 2. The van der Waals surface area contributed by atoms with Crippen LogP contribution in [0, 0.1) is 13.8 Å². The summed E-state index contributed by atoms with van der Waals surface area (Å²) < 4.78 is 24.1. The fraction of sp³-hybridized carbons (Fsp3) is 0.500. The maximum atomic E-state index is 12.1. The molecule has 1 aromatic heterocycles. The first kappa shape index (κ1) is 7.18. The zero-order valence-corrected chi connectivity index (χ0v) is 5.78. The van der Waals surface area contributed by atoms with Gasteiger partial charge in [-0.25, -0.2) is 8.78 Å². The predicted octanol–water partition coefficient (Wildman–Crippen LogP) is 1.96. The lowest BCUT2D eigenvalue weighted by atomic mass is 10.2. The van der Waals surface area contributed by atoms with Crippen molar-refractivity contribution in [3.05, 3.63) is 17.0 Å². The van der Waals surface area contributed by atoms with Crippen molar-refractivity contribution in [1.82, 2.24) is 10.2 Å². The van der Waals surface area contributed by atoms with Gasteiger partial charge in [0.2, 0.25) is 0 Å². The highest BCUT2D eigenvalue weighted by atomic mass is 19.3. The Morgan fingerprint density at radius 3 is 2.20 bits per heavy atom. The second kappa shape index (κ2) is 2.36. The van der Waals surface area contributed by atoms with Crippen LogP contribution < -0.4 is 0 Å². The van der Waals surface area contributed by atoms with Crippen LogP contribution in [0.3, 0.4) is 0 Å². The van der Waals surface area contributed by atoms with Crippen molar-refractivity contribution >= 4 is 0 Å².